The maximum Gasteiger partial charge on any atom is 0.196 e. The average molecular weight is 223 g/mol. The Morgan fingerprint density at radius 1 is 1.25 bits per heavy atom. The molecular formula is C13H21NO2. The molecule has 3 nitrogen and oxygen atoms in total. The first-order valence-electron chi connectivity index (χ1n) is 5.99. The van der Waals surface area contributed by atoms with Gasteiger partial charge in [-0.25, -0.2) is 0 Å². The summed E-state index contributed by atoms with van der Waals surface area (Å²) in [6, 6.07) is 1.75. The van der Waals surface area contributed by atoms with Crippen molar-refractivity contribution in [3.8, 4) is 5.75 Å². The molecule has 0 aliphatic carbocycles. The van der Waals surface area contributed by atoms with E-state index >= 15 is 0 Å². The molecule has 0 amide bonds. The van der Waals surface area contributed by atoms with Crippen molar-refractivity contribution in [1.82, 2.24) is 0 Å². The highest BCUT2D eigenvalue weighted by Crippen LogP contribution is 2.18. The fraction of sp³-hybridized carbons (Fsp3) is 0.615. The highest BCUT2D eigenvalue weighted by molar-refractivity contribution is 5.31. The standard InChI is InChI=1S/C13H21NO2/c1-4-5-6-7-10-16-13-8-9-14(15)12(3)11(13)2/h8-9H,4-7,10H2,1-3H3. The second kappa shape index (κ2) is 6.36. The van der Waals surface area contributed by atoms with Gasteiger partial charge < -0.3 is 9.94 Å². The molecule has 1 heterocycles. The second-order valence-corrected chi connectivity index (χ2v) is 4.13. The van der Waals surface area contributed by atoms with Gasteiger partial charge in [0, 0.05) is 13.0 Å². The number of nitrogens with zero attached hydrogens (tertiary/aromatic N) is 1. The van der Waals surface area contributed by atoms with Crippen LogP contribution in [0.15, 0.2) is 12.3 Å². The van der Waals surface area contributed by atoms with Gasteiger partial charge in [0.2, 0.25) is 0 Å². The van der Waals surface area contributed by atoms with Crippen molar-refractivity contribution in [3.05, 3.63) is 28.7 Å². The SMILES string of the molecule is CCCCCCOc1cc[n+]([O-])c(C)c1C. The first kappa shape index (κ1) is 12.8. The lowest BCUT2D eigenvalue weighted by atomic mass is 10.2. The highest BCUT2D eigenvalue weighted by atomic mass is 16.5. The van der Waals surface area contributed by atoms with E-state index in [-0.39, 0.29) is 0 Å². The van der Waals surface area contributed by atoms with Gasteiger partial charge in [-0.05, 0) is 13.3 Å². The van der Waals surface area contributed by atoms with Crippen LogP contribution in [0.5, 0.6) is 5.75 Å². The van der Waals surface area contributed by atoms with Crippen LogP contribution in [-0.4, -0.2) is 6.61 Å². The van der Waals surface area contributed by atoms with E-state index in [2.05, 4.69) is 6.92 Å². The molecule has 0 spiro atoms. The van der Waals surface area contributed by atoms with Gasteiger partial charge in [-0.1, -0.05) is 26.2 Å². The molecule has 0 bridgehead atoms. The Labute approximate surface area is 97.6 Å². The molecule has 0 aliphatic rings. The zero-order valence-electron chi connectivity index (χ0n) is 10.5. The Kier molecular flexibility index (Phi) is 5.09. The third kappa shape index (κ3) is 3.40. The van der Waals surface area contributed by atoms with Gasteiger partial charge in [0.1, 0.15) is 5.75 Å². The molecule has 1 aromatic heterocycles. The number of pyridine rings is 1. The summed E-state index contributed by atoms with van der Waals surface area (Å²) in [4.78, 5) is 0. The summed E-state index contributed by atoms with van der Waals surface area (Å²) < 4.78 is 6.54. The summed E-state index contributed by atoms with van der Waals surface area (Å²) in [7, 11) is 0. The minimum atomic E-state index is 0.714. The first-order valence-corrected chi connectivity index (χ1v) is 5.99. The largest absolute Gasteiger partial charge is 0.618 e. The summed E-state index contributed by atoms with van der Waals surface area (Å²) in [5.74, 6) is 0.834. The molecule has 0 fully saturated rings. The van der Waals surface area contributed by atoms with E-state index in [1.165, 1.54) is 25.5 Å². The molecule has 0 saturated carbocycles. The van der Waals surface area contributed by atoms with Crippen LogP contribution in [0.1, 0.15) is 43.9 Å². The molecule has 0 atom stereocenters. The van der Waals surface area contributed by atoms with E-state index in [1.807, 2.05) is 13.8 Å². The summed E-state index contributed by atoms with van der Waals surface area (Å²) >= 11 is 0. The lowest BCUT2D eigenvalue weighted by molar-refractivity contribution is -0.612. The molecule has 0 aliphatic heterocycles. The van der Waals surface area contributed by atoms with Gasteiger partial charge in [-0.3, -0.25) is 0 Å². The van der Waals surface area contributed by atoms with Crippen LogP contribution in [-0.2, 0) is 0 Å². The van der Waals surface area contributed by atoms with Crippen molar-refractivity contribution in [2.45, 2.75) is 46.5 Å². The van der Waals surface area contributed by atoms with Gasteiger partial charge in [-0.15, -0.1) is 0 Å². The molecule has 3 heteroatoms. The smallest absolute Gasteiger partial charge is 0.196 e. The van der Waals surface area contributed by atoms with E-state index in [9.17, 15) is 5.21 Å². The van der Waals surface area contributed by atoms with Crippen molar-refractivity contribution in [1.29, 1.82) is 0 Å². The zero-order chi connectivity index (χ0) is 12.0. The van der Waals surface area contributed by atoms with Crippen molar-refractivity contribution in [3.63, 3.8) is 0 Å². The lowest BCUT2D eigenvalue weighted by Gasteiger charge is -2.10. The third-order valence-corrected chi connectivity index (χ3v) is 2.86. The van der Waals surface area contributed by atoms with E-state index < -0.39 is 0 Å². The zero-order valence-corrected chi connectivity index (χ0v) is 10.5. The van der Waals surface area contributed by atoms with Crippen LogP contribution in [0, 0.1) is 19.1 Å². The normalized spacial score (nSPS) is 10.4. The number of unbranched alkanes of at least 4 members (excludes halogenated alkanes) is 3. The van der Waals surface area contributed by atoms with E-state index in [1.54, 1.807) is 6.07 Å². The quantitative estimate of drug-likeness (QED) is 0.422. The molecule has 90 valence electrons. The summed E-state index contributed by atoms with van der Waals surface area (Å²) in [5, 5.41) is 11.3. The van der Waals surface area contributed by atoms with Gasteiger partial charge in [-0.2, -0.15) is 4.73 Å². The number of aromatic nitrogens is 1. The molecule has 0 N–H and O–H groups in total. The topological polar surface area (TPSA) is 36.2 Å². The number of rotatable bonds is 6. The monoisotopic (exact) mass is 223 g/mol. The molecule has 1 rings (SSSR count). The molecular weight excluding hydrogens is 202 g/mol. The molecule has 0 unspecified atom stereocenters. The van der Waals surface area contributed by atoms with Crippen LogP contribution in [0.25, 0.3) is 0 Å². The van der Waals surface area contributed by atoms with Crippen molar-refractivity contribution < 1.29 is 9.47 Å². The van der Waals surface area contributed by atoms with Crippen LogP contribution in [0.2, 0.25) is 0 Å². The van der Waals surface area contributed by atoms with E-state index in [4.69, 9.17) is 4.74 Å². The van der Waals surface area contributed by atoms with Gasteiger partial charge >= 0.3 is 0 Å². The van der Waals surface area contributed by atoms with Crippen molar-refractivity contribution in [2.24, 2.45) is 0 Å². The summed E-state index contributed by atoms with van der Waals surface area (Å²) in [6.45, 7) is 6.67. The predicted octanol–water partition coefficient (Wildman–Crippen LogP) is 2.90. The van der Waals surface area contributed by atoms with Crippen molar-refractivity contribution >= 4 is 0 Å². The fourth-order valence-corrected chi connectivity index (χ4v) is 1.58. The third-order valence-electron chi connectivity index (χ3n) is 2.86. The number of hydrogen-bond donors (Lipinski definition) is 0. The number of hydrogen-bond acceptors (Lipinski definition) is 2. The molecule has 0 radical (unpaired) electrons. The Morgan fingerprint density at radius 2 is 2.00 bits per heavy atom. The number of ether oxygens (including phenoxy) is 1. The maximum atomic E-state index is 11.3. The minimum Gasteiger partial charge on any atom is -0.618 e. The molecule has 0 aromatic carbocycles. The second-order valence-electron chi connectivity index (χ2n) is 4.13. The van der Waals surface area contributed by atoms with E-state index in [0.29, 0.717) is 5.69 Å². The van der Waals surface area contributed by atoms with E-state index in [0.717, 1.165) is 29.1 Å². The Bertz CT molecular complexity index is 337. The predicted molar refractivity (Wildman–Crippen MR) is 64.5 cm³/mol. The Hall–Kier alpha value is -1.25. The lowest BCUT2D eigenvalue weighted by Crippen LogP contribution is -2.30. The van der Waals surface area contributed by atoms with Gasteiger partial charge in [0.05, 0.1) is 12.2 Å². The van der Waals surface area contributed by atoms with Gasteiger partial charge in [0.25, 0.3) is 0 Å². The Morgan fingerprint density at radius 3 is 2.69 bits per heavy atom. The highest BCUT2D eigenvalue weighted by Gasteiger charge is 2.09. The summed E-state index contributed by atoms with van der Waals surface area (Å²) in [5.41, 5.74) is 1.65. The maximum absolute atomic E-state index is 11.3. The van der Waals surface area contributed by atoms with Crippen LogP contribution >= 0.6 is 0 Å². The first-order chi connectivity index (χ1) is 7.66. The molecule has 1 aromatic rings. The summed E-state index contributed by atoms with van der Waals surface area (Å²) in [6.07, 6.45) is 6.29. The van der Waals surface area contributed by atoms with Crippen LogP contribution in [0.3, 0.4) is 0 Å². The van der Waals surface area contributed by atoms with Crippen molar-refractivity contribution in [2.75, 3.05) is 6.61 Å². The fourth-order valence-electron chi connectivity index (χ4n) is 1.58. The average Bonchev–Trinajstić information content (AvgIpc) is 2.28. The van der Waals surface area contributed by atoms with Crippen LogP contribution in [0.4, 0.5) is 0 Å². The van der Waals surface area contributed by atoms with Crippen LogP contribution < -0.4 is 9.47 Å². The Balaban J connectivity index is 2.45. The van der Waals surface area contributed by atoms with Gasteiger partial charge in [0.15, 0.2) is 11.9 Å². The molecule has 16 heavy (non-hydrogen) atoms. The minimum absolute atomic E-state index is 0.714. The molecule has 0 saturated heterocycles.